The first kappa shape index (κ1) is 7.50. The summed E-state index contributed by atoms with van der Waals surface area (Å²) in [5.74, 6) is 0.0587. The van der Waals surface area contributed by atoms with E-state index in [-0.39, 0.29) is 18.0 Å². The lowest BCUT2D eigenvalue weighted by Gasteiger charge is -2.11. The van der Waals surface area contributed by atoms with E-state index >= 15 is 0 Å². The molecule has 1 heterocycles. The summed E-state index contributed by atoms with van der Waals surface area (Å²) in [5.41, 5.74) is 11.2. The van der Waals surface area contributed by atoms with E-state index in [0.29, 0.717) is 13.1 Å². The van der Waals surface area contributed by atoms with Crippen molar-refractivity contribution in [2.45, 2.75) is 19.0 Å². The zero-order valence-corrected chi connectivity index (χ0v) is 6.08. The predicted octanol–water partition coefficient (Wildman–Crippen LogP) is -1.50. The minimum Gasteiger partial charge on any atom is -0.340 e. The van der Waals surface area contributed by atoms with Crippen molar-refractivity contribution in [3.63, 3.8) is 0 Å². The lowest BCUT2D eigenvalue weighted by Crippen LogP contribution is -2.39. The molecule has 0 aromatic carbocycles. The van der Waals surface area contributed by atoms with Gasteiger partial charge in [-0.25, -0.2) is 0 Å². The van der Waals surface area contributed by atoms with Gasteiger partial charge in [0.15, 0.2) is 0 Å². The van der Waals surface area contributed by atoms with Crippen molar-refractivity contribution in [1.29, 1.82) is 0 Å². The number of amides is 1. The third kappa shape index (κ3) is 1.27. The van der Waals surface area contributed by atoms with Crippen molar-refractivity contribution >= 4 is 5.91 Å². The van der Waals surface area contributed by atoms with E-state index in [1.54, 1.807) is 4.90 Å². The van der Waals surface area contributed by atoms with Crippen molar-refractivity contribution in [3.8, 4) is 0 Å². The van der Waals surface area contributed by atoms with Crippen LogP contribution in [0, 0.1) is 0 Å². The maximum Gasteiger partial charge on any atom is 0.219 e. The third-order valence-corrected chi connectivity index (χ3v) is 1.86. The van der Waals surface area contributed by atoms with E-state index in [0.717, 1.165) is 0 Å². The van der Waals surface area contributed by atoms with Crippen LogP contribution in [0.25, 0.3) is 0 Å². The number of hydrogen-bond donors (Lipinski definition) is 2. The van der Waals surface area contributed by atoms with Gasteiger partial charge in [-0.15, -0.1) is 0 Å². The van der Waals surface area contributed by atoms with Gasteiger partial charge in [-0.2, -0.15) is 0 Å². The summed E-state index contributed by atoms with van der Waals surface area (Å²) in [5, 5.41) is 0. The molecule has 0 aliphatic carbocycles. The highest BCUT2D eigenvalue weighted by Crippen LogP contribution is 2.05. The molecule has 2 atom stereocenters. The number of rotatable bonds is 0. The van der Waals surface area contributed by atoms with Crippen LogP contribution in [0.15, 0.2) is 0 Å². The number of hydrogen-bond acceptors (Lipinski definition) is 3. The maximum atomic E-state index is 10.8. The summed E-state index contributed by atoms with van der Waals surface area (Å²) < 4.78 is 0. The second-order valence-corrected chi connectivity index (χ2v) is 2.75. The standard InChI is InChI=1S/C6H13N3O/c1-4(10)9-2-5(7)6(8)3-9/h5-6H,2-3,7-8H2,1H3/t5-,6+. The molecule has 4 N–H and O–H groups in total. The Morgan fingerprint density at radius 3 is 2.00 bits per heavy atom. The zero-order valence-electron chi connectivity index (χ0n) is 6.08. The lowest BCUT2D eigenvalue weighted by molar-refractivity contribution is -0.127. The summed E-state index contributed by atoms with van der Waals surface area (Å²) in [6.45, 7) is 2.75. The fourth-order valence-electron chi connectivity index (χ4n) is 1.11. The maximum absolute atomic E-state index is 10.8. The van der Waals surface area contributed by atoms with Crippen LogP contribution in [0.4, 0.5) is 0 Å². The molecule has 1 fully saturated rings. The monoisotopic (exact) mass is 143 g/mol. The number of carbonyl (C=O) groups is 1. The Labute approximate surface area is 60.2 Å². The molecule has 0 saturated carbocycles. The number of carbonyl (C=O) groups excluding carboxylic acids is 1. The predicted molar refractivity (Wildman–Crippen MR) is 38.2 cm³/mol. The largest absolute Gasteiger partial charge is 0.340 e. The van der Waals surface area contributed by atoms with Crippen LogP contribution in [0.1, 0.15) is 6.92 Å². The summed E-state index contributed by atoms with van der Waals surface area (Å²) in [6, 6.07) is -0.0761. The van der Waals surface area contributed by atoms with Gasteiger partial charge in [0.25, 0.3) is 0 Å². The number of likely N-dealkylation sites (tertiary alicyclic amines) is 1. The van der Waals surface area contributed by atoms with Gasteiger partial charge in [0.2, 0.25) is 5.91 Å². The second-order valence-electron chi connectivity index (χ2n) is 2.75. The molecular weight excluding hydrogens is 130 g/mol. The quantitative estimate of drug-likeness (QED) is 0.433. The van der Waals surface area contributed by atoms with Gasteiger partial charge >= 0.3 is 0 Å². The van der Waals surface area contributed by atoms with Crippen LogP contribution in [0.3, 0.4) is 0 Å². The molecule has 1 aliphatic heterocycles. The molecule has 1 rings (SSSR count). The highest BCUT2D eigenvalue weighted by atomic mass is 16.2. The third-order valence-electron chi connectivity index (χ3n) is 1.86. The summed E-state index contributed by atoms with van der Waals surface area (Å²) in [4.78, 5) is 12.4. The molecule has 0 aromatic rings. The normalized spacial score (nSPS) is 32.9. The summed E-state index contributed by atoms with van der Waals surface area (Å²) in [7, 11) is 0. The summed E-state index contributed by atoms with van der Waals surface area (Å²) >= 11 is 0. The van der Waals surface area contributed by atoms with E-state index in [2.05, 4.69) is 0 Å². The SMILES string of the molecule is CC(=O)N1C[C@@H](N)[C@@H](N)C1. The van der Waals surface area contributed by atoms with Crippen LogP contribution in [-0.4, -0.2) is 36.0 Å². The van der Waals surface area contributed by atoms with Gasteiger partial charge in [-0.3, -0.25) is 4.79 Å². The van der Waals surface area contributed by atoms with E-state index in [1.807, 2.05) is 0 Å². The Hall–Kier alpha value is -0.610. The molecule has 1 aliphatic rings. The van der Waals surface area contributed by atoms with Crippen molar-refractivity contribution in [3.05, 3.63) is 0 Å². The fraction of sp³-hybridized carbons (Fsp3) is 0.833. The molecule has 4 heteroatoms. The molecule has 0 unspecified atom stereocenters. The second kappa shape index (κ2) is 2.56. The average Bonchev–Trinajstić information content (AvgIpc) is 2.13. The van der Waals surface area contributed by atoms with Crippen LogP contribution < -0.4 is 11.5 Å². The Kier molecular flexibility index (Phi) is 1.92. The van der Waals surface area contributed by atoms with Crippen molar-refractivity contribution in [2.24, 2.45) is 11.5 Å². The smallest absolute Gasteiger partial charge is 0.219 e. The number of nitrogens with zero attached hydrogens (tertiary/aromatic N) is 1. The van der Waals surface area contributed by atoms with Gasteiger partial charge in [0.05, 0.1) is 0 Å². The van der Waals surface area contributed by atoms with E-state index in [9.17, 15) is 4.79 Å². The molecule has 0 bridgehead atoms. The molecule has 0 radical (unpaired) electrons. The van der Waals surface area contributed by atoms with Crippen LogP contribution in [-0.2, 0) is 4.79 Å². The number of nitrogens with two attached hydrogens (primary N) is 2. The van der Waals surface area contributed by atoms with Crippen molar-refractivity contribution < 1.29 is 4.79 Å². The summed E-state index contributed by atoms with van der Waals surface area (Å²) in [6.07, 6.45) is 0. The first-order valence-electron chi connectivity index (χ1n) is 3.38. The average molecular weight is 143 g/mol. The Morgan fingerprint density at radius 1 is 1.40 bits per heavy atom. The van der Waals surface area contributed by atoms with Crippen molar-refractivity contribution in [1.82, 2.24) is 4.90 Å². The minimum absolute atomic E-state index is 0.0381. The van der Waals surface area contributed by atoms with Crippen LogP contribution >= 0.6 is 0 Å². The Morgan fingerprint density at radius 2 is 1.80 bits per heavy atom. The molecule has 58 valence electrons. The van der Waals surface area contributed by atoms with Gasteiger partial charge < -0.3 is 16.4 Å². The lowest BCUT2D eigenvalue weighted by atomic mass is 10.2. The molecule has 1 amide bonds. The molecule has 4 nitrogen and oxygen atoms in total. The van der Waals surface area contributed by atoms with Crippen molar-refractivity contribution in [2.75, 3.05) is 13.1 Å². The fourth-order valence-corrected chi connectivity index (χ4v) is 1.11. The minimum atomic E-state index is -0.0381. The van der Waals surface area contributed by atoms with Crippen LogP contribution in [0.2, 0.25) is 0 Å². The molecule has 10 heavy (non-hydrogen) atoms. The first-order valence-corrected chi connectivity index (χ1v) is 3.38. The van der Waals surface area contributed by atoms with E-state index in [1.165, 1.54) is 6.92 Å². The highest BCUT2D eigenvalue weighted by Gasteiger charge is 2.28. The highest BCUT2D eigenvalue weighted by molar-refractivity contribution is 5.73. The first-order chi connectivity index (χ1) is 4.61. The van der Waals surface area contributed by atoms with Gasteiger partial charge in [-0.05, 0) is 0 Å². The van der Waals surface area contributed by atoms with Crippen LogP contribution in [0.5, 0.6) is 0 Å². The topological polar surface area (TPSA) is 72.3 Å². The van der Waals surface area contributed by atoms with E-state index < -0.39 is 0 Å². The van der Waals surface area contributed by atoms with Gasteiger partial charge in [0.1, 0.15) is 0 Å². The Balaban J connectivity index is 2.49. The van der Waals surface area contributed by atoms with Gasteiger partial charge in [0, 0.05) is 32.1 Å². The molecule has 1 saturated heterocycles. The molecular formula is C6H13N3O. The zero-order chi connectivity index (χ0) is 7.72. The van der Waals surface area contributed by atoms with Gasteiger partial charge in [-0.1, -0.05) is 0 Å². The van der Waals surface area contributed by atoms with E-state index in [4.69, 9.17) is 11.5 Å². The molecule has 0 aromatic heterocycles. The Bertz CT molecular complexity index is 138. The molecule has 0 spiro atoms.